The van der Waals surface area contributed by atoms with E-state index in [1.807, 2.05) is 6.92 Å². The normalized spacial score (nSPS) is 13.9. The fourth-order valence-corrected chi connectivity index (χ4v) is 1.82. The van der Waals surface area contributed by atoms with Gasteiger partial charge in [0, 0.05) is 6.04 Å². The molecule has 1 aromatic carbocycles. The van der Waals surface area contributed by atoms with Gasteiger partial charge < -0.3 is 5.32 Å². The van der Waals surface area contributed by atoms with Crippen LogP contribution in [0.4, 0.5) is 8.78 Å². The van der Waals surface area contributed by atoms with Crippen molar-refractivity contribution in [3.63, 3.8) is 0 Å². The Bertz CT molecular complexity index is 355. The fourth-order valence-electron chi connectivity index (χ4n) is 1.82. The average molecular weight is 227 g/mol. The van der Waals surface area contributed by atoms with Crippen molar-refractivity contribution < 1.29 is 8.78 Å². The Morgan fingerprint density at radius 1 is 1.19 bits per heavy atom. The summed E-state index contributed by atoms with van der Waals surface area (Å²) >= 11 is 0. The molecule has 1 nitrogen and oxygen atoms in total. The van der Waals surface area contributed by atoms with Crippen molar-refractivity contribution in [2.45, 2.75) is 33.7 Å². The van der Waals surface area contributed by atoms with Gasteiger partial charge in [0.05, 0.1) is 0 Å². The Morgan fingerprint density at radius 3 is 2.25 bits per heavy atom. The van der Waals surface area contributed by atoms with Crippen LogP contribution in [0.25, 0.3) is 0 Å². The highest BCUT2D eigenvalue weighted by Gasteiger charge is 2.25. The molecule has 0 bridgehead atoms. The molecular formula is C13H19F2N. The van der Waals surface area contributed by atoms with Gasteiger partial charge >= 0.3 is 0 Å². The van der Waals surface area contributed by atoms with Gasteiger partial charge in [-0.2, -0.15) is 0 Å². The molecule has 0 fully saturated rings. The third-order valence-corrected chi connectivity index (χ3v) is 2.55. The van der Waals surface area contributed by atoms with Gasteiger partial charge in [-0.3, -0.25) is 0 Å². The van der Waals surface area contributed by atoms with Crippen LogP contribution in [0.15, 0.2) is 18.2 Å². The van der Waals surface area contributed by atoms with Crippen LogP contribution in [-0.2, 0) is 0 Å². The van der Waals surface area contributed by atoms with Crippen molar-refractivity contribution in [3.05, 3.63) is 35.4 Å². The second kappa shape index (κ2) is 4.91. The first-order valence-corrected chi connectivity index (χ1v) is 5.54. The first-order valence-electron chi connectivity index (χ1n) is 5.54. The summed E-state index contributed by atoms with van der Waals surface area (Å²) < 4.78 is 26.0. The number of hydrogen-bond acceptors (Lipinski definition) is 1. The van der Waals surface area contributed by atoms with Gasteiger partial charge in [-0.15, -0.1) is 0 Å². The maximum atomic E-state index is 13.2. The first-order chi connectivity index (χ1) is 7.36. The number of halogens is 2. The molecule has 1 atom stereocenters. The molecule has 0 spiro atoms. The molecule has 1 aromatic rings. The zero-order chi connectivity index (χ0) is 12.3. The summed E-state index contributed by atoms with van der Waals surface area (Å²) in [5.74, 6) is -1.59. The van der Waals surface area contributed by atoms with Gasteiger partial charge in [0.15, 0.2) is 11.6 Å². The van der Waals surface area contributed by atoms with E-state index in [0.717, 1.165) is 12.1 Å². The first kappa shape index (κ1) is 13.1. The molecule has 0 heterocycles. The zero-order valence-electron chi connectivity index (χ0n) is 10.3. The Labute approximate surface area is 95.9 Å². The minimum absolute atomic E-state index is 0.0209. The number of nitrogens with one attached hydrogen (secondary N) is 1. The molecule has 0 amide bonds. The summed E-state index contributed by atoms with van der Waals surface area (Å²) in [5, 5.41) is 3.30. The van der Waals surface area contributed by atoms with Crippen LogP contribution in [0, 0.1) is 17.0 Å². The van der Waals surface area contributed by atoms with Gasteiger partial charge in [0.1, 0.15) is 0 Å². The molecular weight excluding hydrogens is 208 g/mol. The molecule has 0 radical (unpaired) electrons. The average Bonchev–Trinajstić information content (AvgIpc) is 2.17. The highest BCUT2D eigenvalue weighted by molar-refractivity contribution is 5.22. The molecule has 0 saturated heterocycles. The van der Waals surface area contributed by atoms with E-state index >= 15 is 0 Å². The van der Waals surface area contributed by atoms with Crippen LogP contribution in [0.3, 0.4) is 0 Å². The van der Waals surface area contributed by atoms with E-state index in [1.165, 1.54) is 12.1 Å². The van der Waals surface area contributed by atoms with Crippen molar-refractivity contribution in [2.24, 2.45) is 5.41 Å². The summed E-state index contributed by atoms with van der Waals surface area (Å²) in [6, 6.07) is 4.11. The van der Waals surface area contributed by atoms with Gasteiger partial charge in [-0.25, -0.2) is 8.78 Å². The van der Waals surface area contributed by atoms with E-state index in [1.54, 1.807) is 6.07 Å². The van der Waals surface area contributed by atoms with Crippen molar-refractivity contribution in [1.29, 1.82) is 0 Å². The van der Waals surface area contributed by atoms with E-state index in [0.29, 0.717) is 0 Å². The second-order valence-electron chi connectivity index (χ2n) is 5.03. The number of rotatable bonds is 3. The molecule has 90 valence electrons. The fraction of sp³-hybridized carbons (Fsp3) is 0.538. The summed E-state index contributed by atoms with van der Waals surface area (Å²) in [6.45, 7) is 9.00. The topological polar surface area (TPSA) is 12.0 Å². The molecule has 16 heavy (non-hydrogen) atoms. The molecule has 1 rings (SSSR count). The summed E-state index contributed by atoms with van der Waals surface area (Å²) in [4.78, 5) is 0. The van der Waals surface area contributed by atoms with Crippen LogP contribution in [0.1, 0.15) is 39.3 Å². The molecule has 0 aliphatic rings. The predicted molar refractivity (Wildman–Crippen MR) is 62.2 cm³/mol. The lowest BCUT2D eigenvalue weighted by Gasteiger charge is -2.31. The standard InChI is InChI=1S/C13H19F2N/c1-5-16-12(13(2,3)4)9-6-7-10(14)11(15)8-9/h6-8,12,16H,5H2,1-4H3. The highest BCUT2D eigenvalue weighted by atomic mass is 19.2. The quantitative estimate of drug-likeness (QED) is 0.831. The molecule has 0 saturated carbocycles. The summed E-state index contributed by atoms with van der Waals surface area (Å²) in [6.07, 6.45) is 0. The van der Waals surface area contributed by atoms with Gasteiger partial charge in [-0.1, -0.05) is 33.8 Å². The zero-order valence-corrected chi connectivity index (χ0v) is 10.3. The second-order valence-corrected chi connectivity index (χ2v) is 5.03. The number of benzene rings is 1. The number of hydrogen-bond donors (Lipinski definition) is 1. The van der Waals surface area contributed by atoms with E-state index in [2.05, 4.69) is 26.1 Å². The largest absolute Gasteiger partial charge is 0.310 e. The lowest BCUT2D eigenvalue weighted by Crippen LogP contribution is -2.32. The van der Waals surface area contributed by atoms with Crippen molar-refractivity contribution in [3.8, 4) is 0 Å². The van der Waals surface area contributed by atoms with Gasteiger partial charge in [-0.05, 0) is 29.7 Å². The summed E-state index contributed by atoms with van der Waals surface area (Å²) in [7, 11) is 0. The van der Waals surface area contributed by atoms with Crippen LogP contribution in [-0.4, -0.2) is 6.54 Å². The highest BCUT2D eigenvalue weighted by Crippen LogP contribution is 2.33. The Hall–Kier alpha value is -0.960. The summed E-state index contributed by atoms with van der Waals surface area (Å²) in [5.41, 5.74) is 0.744. The van der Waals surface area contributed by atoms with E-state index in [-0.39, 0.29) is 11.5 Å². The smallest absolute Gasteiger partial charge is 0.159 e. The van der Waals surface area contributed by atoms with Gasteiger partial charge in [0.25, 0.3) is 0 Å². The molecule has 3 heteroatoms. The van der Waals surface area contributed by atoms with E-state index < -0.39 is 11.6 Å². The molecule has 0 aromatic heterocycles. The van der Waals surface area contributed by atoms with Crippen LogP contribution in [0.5, 0.6) is 0 Å². The van der Waals surface area contributed by atoms with Crippen LogP contribution >= 0.6 is 0 Å². The van der Waals surface area contributed by atoms with Gasteiger partial charge in [0.2, 0.25) is 0 Å². The van der Waals surface area contributed by atoms with E-state index in [9.17, 15) is 8.78 Å². The minimum Gasteiger partial charge on any atom is -0.310 e. The third-order valence-electron chi connectivity index (χ3n) is 2.55. The van der Waals surface area contributed by atoms with Crippen molar-refractivity contribution in [2.75, 3.05) is 6.54 Å². The third kappa shape index (κ3) is 3.01. The predicted octanol–water partition coefficient (Wildman–Crippen LogP) is 3.66. The molecule has 0 aliphatic heterocycles. The van der Waals surface area contributed by atoms with E-state index in [4.69, 9.17) is 0 Å². The lowest BCUT2D eigenvalue weighted by atomic mass is 9.82. The Balaban J connectivity index is 3.06. The van der Waals surface area contributed by atoms with Crippen LogP contribution < -0.4 is 5.32 Å². The van der Waals surface area contributed by atoms with Crippen molar-refractivity contribution in [1.82, 2.24) is 5.32 Å². The molecule has 1 unspecified atom stereocenters. The SMILES string of the molecule is CCNC(c1ccc(F)c(F)c1)C(C)(C)C. The lowest BCUT2D eigenvalue weighted by molar-refractivity contribution is 0.275. The Kier molecular flexibility index (Phi) is 4.03. The Morgan fingerprint density at radius 2 is 1.81 bits per heavy atom. The molecule has 1 N–H and O–H groups in total. The monoisotopic (exact) mass is 227 g/mol. The maximum Gasteiger partial charge on any atom is 0.159 e. The van der Waals surface area contributed by atoms with Crippen LogP contribution in [0.2, 0.25) is 0 Å². The maximum absolute atomic E-state index is 13.2. The van der Waals surface area contributed by atoms with Crippen molar-refractivity contribution >= 4 is 0 Å². The molecule has 0 aliphatic carbocycles. The minimum atomic E-state index is -0.798.